The van der Waals surface area contributed by atoms with E-state index in [1.165, 1.54) is 0 Å². The van der Waals surface area contributed by atoms with Crippen LogP contribution in [0.25, 0.3) is 10.9 Å². The van der Waals surface area contributed by atoms with Gasteiger partial charge in [-0.1, -0.05) is 24.3 Å². The molecule has 5 nitrogen and oxygen atoms in total. The van der Waals surface area contributed by atoms with Crippen molar-refractivity contribution in [2.75, 3.05) is 10.6 Å². The number of benzene rings is 3. The first-order valence-electron chi connectivity index (χ1n) is 8.96. The van der Waals surface area contributed by atoms with Crippen molar-refractivity contribution >= 4 is 34.1 Å². The first kappa shape index (κ1) is 17.5. The second-order valence-electron chi connectivity index (χ2n) is 6.58. The number of aromatic amines is 1. The Kier molecular flexibility index (Phi) is 4.64. The minimum Gasteiger partial charge on any atom is -0.361 e. The molecule has 3 aromatic carbocycles. The van der Waals surface area contributed by atoms with Gasteiger partial charge in [-0.2, -0.15) is 0 Å². The normalized spacial score (nSPS) is 10.6. The van der Waals surface area contributed by atoms with Crippen molar-refractivity contribution in [2.24, 2.45) is 0 Å². The molecule has 138 valence electrons. The Morgan fingerprint density at radius 3 is 2.39 bits per heavy atom. The number of rotatable bonds is 4. The lowest BCUT2D eigenvalue weighted by molar-refractivity contribution is 0.101. The summed E-state index contributed by atoms with van der Waals surface area (Å²) in [5, 5.41) is 6.82. The molecule has 0 fully saturated rings. The van der Waals surface area contributed by atoms with Gasteiger partial charge < -0.3 is 15.6 Å². The number of aryl methyl sites for hydroxylation is 1. The summed E-state index contributed by atoms with van der Waals surface area (Å²) in [5.41, 5.74) is 4.27. The predicted molar refractivity (Wildman–Crippen MR) is 112 cm³/mol. The minimum absolute atomic E-state index is 0.209. The van der Waals surface area contributed by atoms with Gasteiger partial charge in [0, 0.05) is 39.6 Å². The Morgan fingerprint density at radius 2 is 1.57 bits per heavy atom. The lowest BCUT2D eigenvalue weighted by Crippen LogP contribution is -2.15. The van der Waals surface area contributed by atoms with E-state index in [2.05, 4.69) is 15.6 Å². The van der Waals surface area contributed by atoms with Crippen LogP contribution in [-0.4, -0.2) is 16.8 Å². The number of amides is 2. The molecule has 0 bridgehead atoms. The van der Waals surface area contributed by atoms with Crippen LogP contribution in [0.15, 0.2) is 79.0 Å². The first-order valence-corrected chi connectivity index (χ1v) is 8.96. The van der Waals surface area contributed by atoms with Gasteiger partial charge >= 0.3 is 0 Å². The van der Waals surface area contributed by atoms with Crippen LogP contribution in [-0.2, 0) is 0 Å². The van der Waals surface area contributed by atoms with Crippen molar-refractivity contribution in [3.8, 4) is 0 Å². The number of carbonyl (C=O) groups excluding carboxylic acids is 2. The molecule has 1 heterocycles. The molecule has 3 N–H and O–H groups in total. The van der Waals surface area contributed by atoms with Crippen molar-refractivity contribution in [1.29, 1.82) is 0 Å². The van der Waals surface area contributed by atoms with Crippen LogP contribution in [0.3, 0.4) is 0 Å². The van der Waals surface area contributed by atoms with Gasteiger partial charge in [0.15, 0.2) is 0 Å². The summed E-state index contributed by atoms with van der Waals surface area (Å²) in [6.07, 6.45) is 1.86. The van der Waals surface area contributed by atoms with Gasteiger partial charge in [-0.05, 0) is 61.0 Å². The van der Waals surface area contributed by atoms with Gasteiger partial charge in [-0.25, -0.2) is 0 Å². The van der Waals surface area contributed by atoms with Crippen LogP contribution < -0.4 is 10.6 Å². The highest BCUT2D eigenvalue weighted by atomic mass is 16.2. The molecular weight excluding hydrogens is 350 g/mol. The Hall–Kier alpha value is -3.86. The molecule has 0 aliphatic heterocycles. The molecule has 0 aliphatic carbocycles. The monoisotopic (exact) mass is 369 g/mol. The summed E-state index contributed by atoms with van der Waals surface area (Å²) in [6.45, 7) is 1.89. The quantitative estimate of drug-likeness (QED) is 0.474. The average Bonchev–Trinajstić information content (AvgIpc) is 3.18. The summed E-state index contributed by atoms with van der Waals surface area (Å²) < 4.78 is 0. The lowest BCUT2D eigenvalue weighted by atomic mass is 10.1. The molecule has 28 heavy (non-hydrogen) atoms. The Labute approximate surface area is 162 Å². The molecule has 1 aromatic heterocycles. The number of H-pyrrole nitrogens is 1. The highest BCUT2D eigenvalue weighted by Gasteiger charge is 2.12. The molecule has 2 amide bonds. The lowest BCUT2D eigenvalue weighted by Gasteiger charge is -2.11. The molecule has 4 rings (SSSR count). The van der Waals surface area contributed by atoms with E-state index in [-0.39, 0.29) is 11.8 Å². The maximum atomic E-state index is 12.7. The van der Waals surface area contributed by atoms with Crippen LogP contribution in [0.4, 0.5) is 11.4 Å². The van der Waals surface area contributed by atoms with Crippen LogP contribution in [0.1, 0.15) is 26.3 Å². The number of fused-ring (bicyclic) bond motifs is 1. The predicted octanol–water partition coefficient (Wildman–Crippen LogP) is 4.98. The molecule has 0 saturated carbocycles. The second-order valence-corrected chi connectivity index (χ2v) is 6.58. The minimum atomic E-state index is -0.231. The van der Waals surface area contributed by atoms with Crippen LogP contribution in [0.2, 0.25) is 0 Å². The van der Waals surface area contributed by atoms with Gasteiger partial charge in [-0.15, -0.1) is 0 Å². The summed E-state index contributed by atoms with van der Waals surface area (Å²) in [5.74, 6) is -0.440. The van der Waals surface area contributed by atoms with E-state index in [1.54, 1.807) is 24.3 Å². The first-order chi connectivity index (χ1) is 13.6. The van der Waals surface area contributed by atoms with Crippen molar-refractivity contribution < 1.29 is 9.59 Å². The van der Waals surface area contributed by atoms with Crippen molar-refractivity contribution in [1.82, 2.24) is 4.98 Å². The SMILES string of the molecule is Cc1ccc(C(=O)Nc2ccc3[nH]ccc3c2)cc1NC(=O)c1ccccc1. The fraction of sp³-hybridized carbons (Fsp3) is 0.0435. The molecule has 0 spiro atoms. The fourth-order valence-electron chi connectivity index (χ4n) is 3.02. The third kappa shape index (κ3) is 3.64. The molecule has 4 aromatic rings. The molecule has 5 heteroatoms. The van der Waals surface area contributed by atoms with Gasteiger partial charge in [0.25, 0.3) is 11.8 Å². The zero-order valence-corrected chi connectivity index (χ0v) is 15.3. The molecule has 0 unspecified atom stereocenters. The number of hydrogen-bond acceptors (Lipinski definition) is 2. The Bertz CT molecular complexity index is 1160. The fourth-order valence-corrected chi connectivity index (χ4v) is 3.02. The van der Waals surface area contributed by atoms with E-state index in [9.17, 15) is 9.59 Å². The molecule has 0 saturated heterocycles. The number of anilines is 2. The van der Waals surface area contributed by atoms with E-state index in [4.69, 9.17) is 0 Å². The van der Waals surface area contributed by atoms with E-state index < -0.39 is 0 Å². The van der Waals surface area contributed by atoms with Crippen molar-refractivity contribution in [2.45, 2.75) is 6.92 Å². The summed E-state index contributed by atoms with van der Waals surface area (Å²) in [4.78, 5) is 28.2. The second kappa shape index (κ2) is 7.40. The van der Waals surface area contributed by atoms with E-state index in [1.807, 2.05) is 61.7 Å². The summed E-state index contributed by atoms with van der Waals surface area (Å²) in [6, 6.07) is 21.9. The smallest absolute Gasteiger partial charge is 0.255 e. The van der Waals surface area contributed by atoms with Crippen LogP contribution >= 0.6 is 0 Å². The maximum Gasteiger partial charge on any atom is 0.255 e. The van der Waals surface area contributed by atoms with E-state index in [0.717, 1.165) is 16.5 Å². The zero-order chi connectivity index (χ0) is 19.5. The average molecular weight is 369 g/mol. The molecule has 0 atom stereocenters. The van der Waals surface area contributed by atoms with E-state index in [0.29, 0.717) is 22.5 Å². The standard InChI is InChI=1S/C23H19N3O2/c1-15-7-8-18(14-21(15)26-22(27)16-5-3-2-4-6-16)23(28)25-19-9-10-20-17(13-19)11-12-24-20/h2-14,24H,1H3,(H,25,28)(H,26,27). The van der Waals surface area contributed by atoms with Gasteiger partial charge in [0.2, 0.25) is 0 Å². The third-order valence-corrected chi connectivity index (χ3v) is 4.60. The maximum absolute atomic E-state index is 12.7. The van der Waals surface area contributed by atoms with Crippen molar-refractivity contribution in [3.63, 3.8) is 0 Å². The number of carbonyl (C=O) groups is 2. The molecule has 0 radical (unpaired) electrons. The number of aromatic nitrogens is 1. The van der Waals surface area contributed by atoms with Crippen LogP contribution in [0, 0.1) is 6.92 Å². The van der Waals surface area contributed by atoms with Gasteiger partial charge in [0.05, 0.1) is 0 Å². The van der Waals surface area contributed by atoms with Gasteiger partial charge in [0.1, 0.15) is 0 Å². The third-order valence-electron chi connectivity index (χ3n) is 4.60. The largest absolute Gasteiger partial charge is 0.361 e. The van der Waals surface area contributed by atoms with E-state index >= 15 is 0 Å². The summed E-state index contributed by atoms with van der Waals surface area (Å²) in [7, 11) is 0. The summed E-state index contributed by atoms with van der Waals surface area (Å²) >= 11 is 0. The Balaban J connectivity index is 1.53. The molecule has 0 aliphatic rings. The molecular formula is C23H19N3O2. The van der Waals surface area contributed by atoms with Gasteiger partial charge in [-0.3, -0.25) is 9.59 Å². The number of nitrogens with one attached hydrogen (secondary N) is 3. The van der Waals surface area contributed by atoms with Crippen LogP contribution in [0.5, 0.6) is 0 Å². The van der Waals surface area contributed by atoms with Crippen molar-refractivity contribution in [3.05, 3.63) is 95.7 Å². The topological polar surface area (TPSA) is 74.0 Å². The highest BCUT2D eigenvalue weighted by molar-refractivity contribution is 6.08. The Morgan fingerprint density at radius 1 is 0.786 bits per heavy atom. The number of hydrogen-bond donors (Lipinski definition) is 3. The highest BCUT2D eigenvalue weighted by Crippen LogP contribution is 2.21. The zero-order valence-electron chi connectivity index (χ0n) is 15.3.